The second kappa shape index (κ2) is 13.8. The lowest BCUT2D eigenvalue weighted by molar-refractivity contribution is -0.140. The second-order valence-corrected chi connectivity index (χ2v) is 11.2. The number of aliphatic hydroxyl groups is 1. The van der Waals surface area contributed by atoms with Gasteiger partial charge < -0.3 is 24.2 Å². The fraction of sp³-hybridized carbons (Fsp3) is 0.243. The van der Waals surface area contributed by atoms with E-state index in [1.165, 1.54) is 5.56 Å². The van der Waals surface area contributed by atoms with Crippen LogP contribution in [0.25, 0.3) is 5.76 Å². The third kappa shape index (κ3) is 7.09. The molecule has 2 saturated heterocycles. The Kier molecular flexibility index (Phi) is 9.24. The highest BCUT2D eigenvalue weighted by Gasteiger charge is 2.46. The lowest BCUT2D eigenvalue weighted by Crippen LogP contribution is -2.42. The van der Waals surface area contributed by atoms with E-state index in [9.17, 15) is 14.7 Å². The molecule has 1 N–H and O–H groups in total. The molecule has 45 heavy (non-hydrogen) atoms. The van der Waals surface area contributed by atoms with Crippen LogP contribution in [0.2, 0.25) is 0 Å². The van der Waals surface area contributed by atoms with Crippen LogP contribution in [-0.4, -0.2) is 66.0 Å². The van der Waals surface area contributed by atoms with Gasteiger partial charge in [-0.2, -0.15) is 0 Å². The Bertz CT molecular complexity index is 1660. The van der Waals surface area contributed by atoms with Gasteiger partial charge in [-0.1, -0.05) is 60.2 Å². The largest absolute Gasteiger partial charge is 0.507 e. The van der Waals surface area contributed by atoms with Gasteiger partial charge in [-0.05, 0) is 66.6 Å². The van der Waals surface area contributed by atoms with E-state index in [0.29, 0.717) is 61.3 Å². The summed E-state index contributed by atoms with van der Waals surface area (Å²) in [6.07, 6.45) is 0. The molecule has 4 aromatic carbocycles. The van der Waals surface area contributed by atoms with Gasteiger partial charge >= 0.3 is 0 Å². The molecule has 1 amide bonds. The summed E-state index contributed by atoms with van der Waals surface area (Å²) in [5, 5.41) is 11.6. The minimum absolute atomic E-state index is 0.0483. The Labute approximate surface area is 263 Å². The number of ketones is 1. The van der Waals surface area contributed by atoms with Crippen LogP contribution in [0.1, 0.15) is 28.3 Å². The van der Waals surface area contributed by atoms with Crippen molar-refractivity contribution in [2.45, 2.75) is 19.6 Å². The minimum atomic E-state index is -0.789. The number of aliphatic hydroxyl groups excluding tert-OH is 1. The van der Waals surface area contributed by atoms with Crippen molar-refractivity contribution < 1.29 is 28.9 Å². The number of nitrogens with zero attached hydrogens (tertiary/aromatic N) is 2. The molecule has 0 bridgehead atoms. The van der Waals surface area contributed by atoms with Crippen LogP contribution in [0.3, 0.4) is 0 Å². The zero-order chi connectivity index (χ0) is 31.2. The van der Waals surface area contributed by atoms with Crippen molar-refractivity contribution >= 4 is 17.4 Å². The molecule has 0 radical (unpaired) electrons. The van der Waals surface area contributed by atoms with E-state index in [-0.39, 0.29) is 11.3 Å². The summed E-state index contributed by atoms with van der Waals surface area (Å²) in [6, 6.07) is 31.0. The topological polar surface area (TPSA) is 88.5 Å². The third-order valence-electron chi connectivity index (χ3n) is 8.11. The highest BCUT2D eigenvalue weighted by atomic mass is 16.5. The molecule has 1 atom stereocenters. The summed E-state index contributed by atoms with van der Waals surface area (Å²) in [7, 11) is 0. The van der Waals surface area contributed by atoms with E-state index in [0.717, 1.165) is 18.7 Å². The molecule has 0 saturated carbocycles. The van der Waals surface area contributed by atoms with Crippen LogP contribution in [0.5, 0.6) is 17.2 Å². The van der Waals surface area contributed by atoms with Gasteiger partial charge in [0.1, 0.15) is 29.6 Å². The maximum atomic E-state index is 13.6. The summed E-state index contributed by atoms with van der Waals surface area (Å²) in [4.78, 5) is 30.9. The van der Waals surface area contributed by atoms with Gasteiger partial charge in [-0.15, -0.1) is 0 Å². The van der Waals surface area contributed by atoms with Crippen LogP contribution in [-0.2, 0) is 20.9 Å². The van der Waals surface area contributed by atoms with Gasteiger partial charge in [0.2, 0.25) is 0 Å². The Morgan fingerprint density at radius 1 is 0.822 bits per heavy atom. The monoisotopic (exact) mass is 604 g/mol. The molecule has 8 heteroatoms. The first-order chi connectivity index (χ1) is 22.0. The molecular weight excluding hydrogens is 568 g/mol. The zero-order valence-corrected chi connectivity index (χ0v) is 25.2. The average molecular weight is 605 g/mol. The van der Waals surface area contributed by atoms with Crippen LogP contribution < -0.4 is 9.47 Å². The number of benzene rings is 4. The molecule has 0 aliphatic carbocycles. The Balaban J connectivity index is 1.29. The fourth-order valence-electron chi connectivity index (χ4n) is 5.62. The minimum Gasteiger partial charge on any atom is -0.507 e. The maximum Gasteiger partial charge on any atom is 0.295 e. The molecule has 2 heterocycles. The predicted octanol–water partition coefficient (Wildman–Crippen LogP) is 6.12. The van der Waals surface area contributed by atoms with Crippen LogP contribution in [0, 0.1) is 6.92 Å². The summed E-state index contributed by atoms with van der Waals surface area (Å²) in [6.45, 7) is 6.12. The van der Waals surface area contributed by atoms with Crippen molar-refractivity contribution in [3.8, 4) is 17.2 Å². The van der Waals surface area contributed by atoms with E-state index < -0.39 is 17.7 Å². The van der Waals surface area contributed by atoms with Crippen molar-refractivity contribution in [1.29, 1.82) is 0 Å². The number of morpholine rings is 1. The van der Waals surface area contributed by atoms with Gasteiger partial charge in [0, 0.05) is 31.7 Å². The molecule has 0 aromatic heterocycles. The Morgan fingerprint density at radius 3 is 2.27 bits per heavy atom. The SMILES string of the molecule is Cc1ccc(COc2ccc(/C(O)=C3/C(=O)C(=O)N(CCN4CCOCC4)C3c3cccc(Oc4ccccc4)c3)cc2)cc1. The molecule has 2 aliphatic heterocycles. The highest BCUT2D eigenvalue weighted by molar-refractivity contribution is 6.46. The van der Waals surface area contributed by atoms with E-state index in [1.807, 2.05) is 85.8 Å². The normalized spacial score (nSPS) is 18.2. The van der Waals surface area contributed by atoms with Crippen molar-refractivity contribution in [2.75, 3.05) is 39.4 Å². The molecular formula is C37H36N2O6. The maximum absolute atomic E-state index is 13.6. The van der Waals surface area contributed by atoms with Gasteiger partial charge in [0.05, 0.1) is 24.8 Å². The number of amides is 1. The van der Waals surface area contributed by atoms with Crippen LogP contribution >= 0.6 is 0 Å². The summed E-state index contributed by atoms with van der Waals surface area (Å²) >= 11 is 0. The smallest absolute Gasteiger partial charge is 0.295 e. The summed E-state index contributed by atoms with van der Waals surface area (Å²) in [5.41, 5.74) is 3.37. The molecule has 8 nitrogen and oxygen atoms in total. The Morgan fingerprint density at radius 2 is 1.53 bits per heavy atom. The molecule has 1 unspecified atom stereocenters. The van der Waals surface area contributed by atoms with Crippen molar-refractivity contribution in [1.82, 2.24) is 9.80 Å². The number of Topliss-reactive ketones (excluding diaryl/α,β-unsaturated/α-hetero) is 1. The number of hydrogen-bond acceptors (Lipinski definition) is 7. The molecule has 230 valence electrons. The number of hydrogen-bond donors (Lipinski definition) is 1. The molecule has 2 aliphatic rings. The highest BCUT2D eigenvalue weighted by Crippen LogP contribution is 2.40. The summed E-state index contributed by atoms with van der Waals surface area (Å²) < 4.78 is 17.5. The quantitative estimate of drug-likeness (QED) is 0.133. The number of carbonyl (C=O) groups excluding carboxylic acids is 2. The third-order valence-corrected chi connectivity index (χ3v) is 8.11. The number of rotatable bonds is 10. The molecule has 2 fully saturated rings. The van der Waals surface area contributed by atoms with E-state index >= 15 is 0 Å². The standard InChI is InChI=1S/C37H36N2O6/c1-26-10-12-27(13-11-26)25-44-30-16-14-28(15-17-30)35(40)33-34(29-6-5-9-32(24-29)45-31-7-3-2-4-8-31)39(37(42)36(33)41)19-18-38-20-22-43-23-21-38/h2-17,24,34,40H,18-23,25H2,1H3/b35-33-. The second-order valence-electron chi connectivity index (χ2n) is 11.2. The van der Waals surface area contributed by atoms with Crippen molar-refractivity contribution in [3.63, 3.8) is 0 Å². The fourth-order valence-corrected chi connectivity index (χ4v) is 5.62. The van der Waals surface area contributed by atoms with E-state index in [1.54, 1.807) is 29.2 Å². The number of likely N-dealkylation sites (tertiary alicyclic amines) is 1. The first-order valence-electron chi connectivity index (χ1n) is 15.2. The molecule has 6 rings (SSSR count). The van der Waals surface area contributed by atoms with Gasteiger partial charge in [0.15, 0.2) is 0 Å². The first kappa shape index (κ1) is 30.1. The van der Waals surface area contributed by atoms with Crippen molar-refractivity contribution in [2.24, 2.45) is 0 Å². The molecule has 0 spiro atoms. The van der Waals surface area contributed by atoms with Gasteiger partial charge in [-0.3, -0.25) is 14.5 Å². The van der Waals surface area contributed by atoms with Crippen LogP contribution in [0.4, 0.5) is 0 Å². The summed E-state index contributed by atoms with van der Waals surface area (Å²) in [5.74, 6) is 0.274. The van der Waals surface area contributed by atoms with Gasteiger partial charge in [-0.25, -0.2) is 0 Å². The predicted molar refractivity (Wildman–Crippen MR) is 171 cm³/mol. The lowest BCUT2D eigenvalue weighted by Gasteiger charge is -2.31. The lowest BCUT2D eigenvalue weighted by atomic mass is 9.95. The van der Waals surface area contributed by atoms with Crippen LogP contribution in [0.15, 0.2) is 109 Å². The zero-order valence-electron chi connectivity index (χ0n) is 25.2. The number of para-hydroxylation sites is 1. The number of aryl methyl sites for hydroxylation is 1. The van der Waals surface area contributed by atoms with E-state index in [4.69, 9.17) is 14.2 Å². The number of ether oxygens (including phenoxy) is 3. The Hall–Kier alpha value is -4.92. The van der Waals surface area contributed by atoms with Crippen molar-refractivity contribution in [3.05, 3.63) is 131 Å². The number of carbonyl (C=O) groups is 2. The molecule has 4 aromatic rings. The average Bonchev–Trinajstić information content (AvgIpc) is 3.33. The van der Waals surface area contributed by atoms with E-state index in [2.05, 4.69) is 4.90 Å². The first-order valence-corrected chi connectivity index (χ1v) is 15.2. The van der Waals surface area contributed by atoms with Gasteiger partial charge in [0.25, 0.3) is 11.7 Å².